The van der Waals surface area contributed by atoms with Crippen molar-refractivity contribution in [3.63, 3.8) is 0 Å². The fourth-order valence-electron chi connectivity index (χ4n) is 9.28. The molecule has 4 nitrogen and oxygen atoms in total. The van der Waals surface area contributed by atoms with Gasteiger partial charge < -0.3 is 4.57 Å². The Balaban J connectivity index is 0.989. The van der Waals surface area contributed by atoms with Crippen LogP contribution in [0.3, 0.4) is 0 Å². The van der Waals surface area contributed by atoms with Gasteiger partial charge in [-0.05, 0) is 116 Å². The van der Waals surface area contributed by atoms with Crippen LogP contribution in [0.15, 0.2) is 255 Å². The lowest BCUT2D eigenvalue weighted by Gasteiger charge is -2.15. The molecule has 0 atom stereocenters. The van der Waals surface area contributed by atoms with E-state index in [2.05, 4.69) is 223 Å². The van der Waals surface area contributed by atoms with Gasteiger partial charge in [0.15, 0.2) is 17.5 Å². The highest BCUT2D eigenvalue weighted by Gasteiger charge is 2.17. The summed E-state index contributed by atoms with van der Waals surface area (Å²) in [4.78, 5) is 15.4. The molecule has 0 aliphatic heterocycles. The first-order chi connectivity index (χ1) is 33.2. The second-order valence-corrected chi connectivity index (χ2v) is 16.9. The van der Waals surface area contributed by atoms with E-state index in [0.29, 0.717) is 17.5 Å². The van der Waals surface area contributed by atoms with Crippen molar-refractivity contribution < 1.29 is 0 Å². The second kappa shape index (κ2) is 17.2. The van der Waals surface area contributed by atoms with E-state index in [0.717, 1.165) is 78.0 Å². The van der Waals surface area contributed by atoms with Crippen LogP contribution in [0.1, 0.15) is 0 Å². The molecule has 12 aromatic rings. The fraction of sp³-hybridized carbons (Fsp3) is 0. The molecule has 0 fully saturated rings. The normalized spacial score (nSPS) is 11.3. The molecule has 0 N–H and O–H groups in total. The van der Waals surface area contributed by atoms with E-state index in [9.17, 15) is 0 Å². The molecule has 4 heteroatoms. The van der Waals surface area contributed by atoms with Crippen molar-refractivity contribution >= 4 is 21.8 Å². The average molecular weight is 855 g/mol. The smallest absolute Gasteiger partial charge is 0.164 e. The maximum atomic E-state index is 5.19. The predicted octanol–water partition coefficient (Wildman–Crippen LogP) is 16.3. The van der Waals surface area contributed by atoms with Gasteiger partial charge in [0.05, 0.1) is 11.0 Å². The van der Waals surface area contributed by atoms with Crippen molar-refractivity contribution in [1.82, 2.24) is 19.5 Å². The second-order valence-electron chi connectivity index (χ2n) is 16.9. The summed E-state index contributed by atoms with van der Waals surface area (Å²) < 4.78 is 2.36. The van der Waals surface area contributed by atoms with Gasteiger partial charge in [0.25, 0.3) is 0 Å². The van der Waals surface area contributed by atoms with E-state index in [-0.39, 0.29) is 0 Å². The molecule has 0 aliphatic rings. The van der Waals surface area contributed by atoms with Gasteiger partial charge in [-0.25, -0.2) is 15.0 Å². The van der Waals surface area contributed by atoms with E-state index < -0.39 is 0 Å². The van der Waals surface area contributed by atoms with Crippen molar-refractivity contribution in [1.29, 1.82) is 0 Å². The number of fused-ring (bicyclic) bond motifs is 3. The Hall–Kier alpha value is -8.99. The number of benzene rings is 10. The highest BCUT2D eigenvalue weighted by molar-refractivity contribution is 6.09. The third kappa shape index (κ3) is 7.77. The first-order valence-corrected chi connectivity index (χ1v) is 22.7. The summed E-state index contributed by atoms with van der Waals surface area (Å²) in [6, 6.07) is 90.3. The Bertz CT molecular complexity index is 3380. The monoisotopic (exact) mass is 854 g/mol. The lowest BCUT2D eigenvalue weighted by atomic mass is 9.90. The van der Waals surface area contributed by atoms with Gasteiger partial charge in [0.2, 0.25) is 0 Å². The van der Waals surface area contributed by atoms with Gasteiger partial charge in [-0.3, -0.25) is 0 Å². The molecule has 0 saturated carbocycles. The zero-order chi connectivity index (χ0) is 44.5. The Morgan fingerprint density at radius 2 is 0.478 bits per heavy atom. The Morgan fingerprint density at radius 3 is 0.881 bits per heavy atom. The van der Waals surface area contributed by atoms with Gasteiger partial charge in [0.1, 0.15) is 0 Å². The third-order valence-corrected chi connectivity index (χ3v) is 12.6. The highest BCUT2D eigenvalue weighted by atomic mass is 15.0. The number of para-hydroxylation sites is 2. The van der Waals surface area contributed by atoms with Gasteiger partial charge in [0, 0.05) is 33.2 Å². The molecule has 2 aromatic heterocycles. The molecular weight excluding hydrogens is 813 g/mol. The molecule has 0 radical (unpaired) electrons. The molecule has 12 rings (SSSR count). The Labute approximate surface area is 389 Å². The van der Waals surface area contributed by atoms with Crippen LogP contribution in [-0.4, -0.2) is 19.5 Å². The number of rotatable bonds is 9. The van der Waals surface area contributed by atoms with Gasteiger partial charge in [-0.2, -0.15) is 0 Å². The first kappa shape index (κ1) is 39.6. The van der Waals surface area contributed by atoms with Gasteiger partial charge >= 0.3 is 0 Å². The molecule has 314 valence electrons. The van der Waals surface area contributed by atoms with Crippen LogP contribution in [0.2, 0.25) is 0 Å². The van der Waals surface area contributed by atoms with Crippen molar-refractivity contribution in [3.8, 4) is 95.5 Å². The Kier molecular flexibility index (Phi) is 10.2. The topological polar surface area (TPSA) is 43.6 Å². The molecule has 0 aliphatic carbocycles. The number of aromatic nitrogens is 4. The summed E-state index contributed by atoms with van der Waals surface area (Å²) in [7, 11) is 0. The summed E-state index contributed by atoms with van der Waals surface area (Å²) in [5, 5.41) is 2.52. The summed E-state index contributed by atoms with van der Waals surface area (Å²) in [6.07, 6.45) is 0. The van der Waals surface area contributed by atoms with E-state index >= 15 is 0 Å². The minimum atomic E-state index is 0.610. The molecule has 67 heavy (non-hydrogen) atoms. The maximum Gasteiger partial charge on any atom is 0.164 e. The lowest BCUT2D eigenvalue weighted by Crippen LogP contribution is -2.00. The summed E-state index contributed by atoms with van der Waals surface area (Å²) >= 11 is 0. The molecular formula is C63H42N4. The van der Waals surface area contributed by atoms with Crippen molar-refractivity contribution in [2.75, 3.05) is 0 Å². The maximum absolute atomic E-state index is 5.19. The van der Waals surface area contributed by atoms with Crippen LogP contribution in [0.5, 0.6) is 0 Å². The van der Waals surface area contributed by atoms with E-state index in [1.54, 1.807) is 0 Å². The molecule has 2 heterocycles. The summed E-state index contributed by atoms with van der Waals surface area (Å²) in [5.41, 5.74) is 17.6. The van der Waals surface area contributed by atoms with Crippen LogP contribution in [-0.2, 0) is 0 Å². The van der Waals surface area contributed by atoms with Crippen LogP contribution >= 0.6 is 0 Å². The number of hydrogen-bond acceptors (Lipinski definition) is 3. The number of nitrogens with zero attached hydrogens (tertiary/aromatic N) is 4. The van der Waals surface area contributed by atoms with Crippen LogP contribution in [0.25, 0.3) is 117 Å². The summed E-state index contributed by atoms with van der Waals surface area (Å²) in [5.74, 6) is 1.86. The number of hydrogen-bond donors (Lipinski definition) is 0. The molecule has 0 saturated heterocycles. The predicted molar refractivity (Wildman–Crippen MR) is 278 cm³/mol. The standard InChI is InChI=1S/C63H42N4/c1-5-17-43(18-6-1)50-37-51(44-19-7-2-8-20-44)39-53(38-50)54-40-52(41-55(42-54)63-65-61(48-21-9-3-10-22-48)64-62(66-63)49-23-11-4-12-24-49)47-31-29-45(30-32-47)46-33-35-56(36-34-46)67-59-27-15-13-25-57(59)58-26-14-16-28-60(58)67/h1-42H. The van der Waals surface area contributed by atoms with E-state index in [4.69, 9.17) is 15.0 Å². The minimum absolute atomic E-state index is 0.610. The molecule has 0 spiro atoms. The van der Waals surface area contributed by atoms with E-state index in [1.165, 1.54) is 21.8 Å². The lowest BCUT2D eigenvalue weighted by molar-refractivity contribution is 1.07. The molecule has 0 amide bonds. The highest BCUT2D eigenvalue weighted by Crippen LogP contribution is 2.39. The molecule has 0 unspecified atom stereocenters. The van der Waals surface area contributed by atoms with Crippen molar-refractivity contribution in [2.24, 2.45) is 0 Å². The Morgan fingerprint density at radius 1 is 0.209 bits per heavy atom. The third-order valence-electron chi connectivity index (χ3n) is 12.6. The summed E-state index contributed by atoms with van der Waals surface area (Å²) in [6.45, 7) is 0. The van der Waals surface area contributed by atoms with E-state index in [1.807, 2.05) is 36.4 Å². The molecule has 0 bridgehead atoms. The van der Waals surface area contributed by atoms with Crippen LogP contribution in [0, 0.1) is 0 Å². The SMILES string of the molecule is c1ccc(-c2cc(-c3ccccc3)cc(-c3cc(-c4ccc(-c5ccc(-n6c7ccccc7c7ccccc76)cc5)cc4)cc(-c4nc(-c5ccccc5)nc(-c5ccccc5)n4)c3)c2)cc1. The fourth-order valence-corrected chi connectivity index (χ4v) is 9.28. The first-order valence-electron chi connectivity index (χ1n) is 22.7. The van der Waals surface area contributed by atoms with Gasteiger partial charge in [-0.15, -0.1) is 0 Å². The zero-order valence-electron chi connectivity index (χ0n) is 36.5. The molecule has 10 aromatic carbocycles. The van der Waals surface area contributed by atoms with Crippen molar-refractivity contribution in [3.05, 3.63) is 255 Å². The van der Waals surface area contributed by atoms with Crippen molar-refractivity contribution in [2.45, 2.75) is 0 Å². The van der Waals surface area contributed by atoms with Crippen LogP contribution in [0.4, 0.5) is 0 Å². The van der Waals surface area contributed by atoms with Gasteiger partial charge in [-0.1, -0.05) is 194 Å². The van der Waals surface area contributed by atoms with Crippen LogP contribution < -0.4 is 0 Å². The minimum Gasteiger partial charge on any atom is -0.309 e. The average Bonchev–Trinajstić information content (AvgIpc) is 3.76. The zero-order valence-corrected chi connectivity index (χ0v) is 36.5. The quantitative estimate of drug-likeness (QED) is 0.145. The largest absolute Gasteiger partial charge is 0.309 e.